The van der Waals surface area contributed by atoms with Gasteiger partial charge in [-0.2, -0.15) is 0 Å². The van der Waals surface area contributed by atoms with E-state index in [2.05, 4.69) is 20.6 Å². The summed E-state index contributed by atoms with van der Waals surface area (Å²) in [6, 6.07) is 13.3. The number of fused-ring (bicyclic) bond motifs is 1. The summed E-state index contributed by atoms with van der Waals surface area (Å²) in [6.45, 7) is 3.82. The molecule has 1 unspecified atom stereocenters. The minimum Gasteiger partial charge on any atom is -0.338 e. The van der Waals surface area contributed by atoms with Gasteiger partial charge in [-0.15, -0.1) is 12.4 Å². The predicted octanol–water partition coefficient (Wildman–Crippen LogP) is 4.10. The first-order chi connectivity index (χ1) is 12.1. The van der Waals surface area contributed by atoms with E-state index in [4.69, 9.17) is 11.6 Å². The molecular formula is C19H20Cl2N4O. The number of imidazole rings is 1. The summed E-state index contributed by atoms with van der Waals surface area (Å²) in [6.07, 6.45) is 0. The van der Waals surface area contributed by atoms with Crippen LogP contribution in [-0.4, -0.2) is 29.0 Å². The maximum Gasteiger partial charge on any atom is 0.227 e. The van der Waals surface area contributed by atoms with Gasteiger partial charge < -0.3 is 15.6 Å². The summed E-state index contributed by atoms with van der Waals surface area (Å²) in [5.41, 5.74) is 3.41. The maximum absolute atomic E-state index is 12.3. The van der Waals surface area contributed by atoms with Gasteiger partial charge in [-0.1, -0.05) is 24.6 Å². The number of carbonyl (C=O) groups excluding carboxylic acids is 1. The molecule has 2 heterocycles. The minimum absolute atomic E-state index is 0. The van der Waals surface area contributed by atoms with Crippen LogP contribution in [0.1, 0.15) is 6.92 Å². The highest BCUT2D eigenvalue weighted by Crippen LogP contribution is 2.26. The molecule has 0 spiro atoms. The fourth-order valence-electron chi connectivity index (χ4n) is 2.98. The molecule has 0 radical (unpaired) electrons. The number of amides is 1. The second-order valence-electron chi connectivity index (χ2n) is 6.50. The molecule has 26 heavy (non-hydrogen) atoms. The molecule has 1 aliphatic rings. The van der Waals surface area contributed by atoms with Crippen LogP contribution in [-0.2, 0) is 4.79 Å². The fraction of sp³-hybridized carbons (Fsp3) is 0.263. The van der Waals surface area contributed by atoms with E-state index >= 15 is 0 Å². The first kappa shape index (κ1) is 18.7. The quantitative estimate of drug-likeness (QED) is 0.627. The van der Waals surface area contributed by atoms with Crippen molar-refractivity contribution in [1.82, 2.24) is 15.3 Å². The van der Waals surface area contributed by atoms with Gasteiger partial charge >= 0.3 is 0 Å². The predicted molar refractivity (Wildman–Crippen MR) is 108 cm³/mol. The molecule has 3 aromatic rings. The summed E-state index contributed by atoms with van der Waals surface area (Å²) in [4.78, 5) is 20.1. The van der Waals surface area contributed by atoms with E-state index in [1.165, 1.54) is 0 Å². The van der Waals surface area contributed by atoms with E-state index in [1.807, 2.05) is 49.4 Å². The Morgan fingerprint density at radius 1 is 1.23 bits per heavy atom. The number of hydrogen-bond donors (Lipinski definition) is 3. The number of aromatic nitrogens is 2. The van der Waals surface area contributed by atoms with E-state index in [0.29, 0.717) is 10.9 Å². The highest BCUT2D eigenvalue weighted by atomic mass is 35.5. The first-order valence-corrected chi connectivity index (χ1v) is 8.76. The summed E-state index contributed by atoms with van der Waals surface area (Å²) >= 11 is 6.18. The second kappa shape index (κ2) is 7.66. The largest absolute Gasteiger partial charge is 0.338 e. The highest BCUT2D eigenvalue weighted by molar-refractivity contribution is 6.35. The van der Waals surface area contributed by atoms with Gasteiger partial charge in [0.2, 0.25) is 5.91 Å². The third-order valence-corrected chi connectivity index (χ3v) is 5.13. The lowest BCUT2D eigenvalue weighted by Crippen LogP contribution is -2.48. The number of nitrogens with zero attached hydrogens (tertiary/aromatic N) is 1. The number of nitrogens with one attached hydrogen (secondary N) is 3. The molecule has 1 atom stereocenters. The molecular weight excluding hydrogens is 371 g/mol. The zero-order valence-electron chi connectivity index (χ0n) is 14.3. The van der Waals surface area contributed by atoms with Crippen molar-refractivity contribution in [2.75, 3.05) is 18.4 Å². The minimum atomic E-state index is 0. The number of para-hydroxylation sites is 1. The average Bonchev–Trinajstić information content (AvgIpc) is 2.99. The lowest BCUT2D eigenvalue weighted by molar-refractivity contribution is -0.121. The van der Waals surface area contributed by atoms with Gasteiger partial charge in [-0.25, -0.2) is 4.98 Å². The number of halogens is 2. The summed E-state index contributed by atoms with van der Waals surface area (Å²) < 4.78 is 0. The van der Waals surface area contributed by atoms with Crippen LogP contribution in [0.3, 0.4) is 0 Å². The number of benzene rings is 2. The topological polar surface area (TPSA) is 69.8 Å². The fourth-order valence-corrected chi connectivity index (χ4v) is 3.20. The van der Waals surface area contributed by atoms with Gasteiger partial charge in [0.25, 0.3) is 0 Å². The molecule has 4 rings (SSSR count). The van der Waals surface area contributed by atoms with Crippen molar-refractivity contribution in [2.45, 2.75) is 6.92 Å². The molecule has 2 aromatic carbocycles. The van der Waals surface area contributed by atoms with E-state index in [-0.39, 0.29) is 24.2 Å². The molecule has 1 saturated heterocycles. The van der Waals surface area contributed by atoms with Gasteiger partial charge in [-0.3, -0.25) is 4.79 Å². The Morgan fingerprint density at radius 2 is 1.96 bits per heavy atom. The smallest absolute Gasteiger partial charge is 0.227 e. The van der Waals surface area contributed by atoms with Crippen LogP contribution in [0.4, 0.5) is 5.69 Å². The van der Waals surface area contributed by atoms with Crippen molar-refractivity contribution in [3.05, 3.63) is 47.5 Å². The van der Waals surface area contributed by atoms with Crippen molar-refractivity contribution in [2.24, 2.45) is 11.8 Å². The Bertz CT molecular complexity index is 919. The normalized spacial score (nSPS) is 15.2. The van der Waals surface area contributed by atoms with Crippen molar-refractivity contribution >= 4 is 46.6 Å². The molecule has 1 aliphatic heterocycles. The molecule has 0 aliphatic carbocycles. The van der Waals surface area contributed by atoms with Crippen LogP contribution in [0.25, 0.3) is 22.4 Å². The van der Waals surface area contributed by atoms with Crippen LogP contribution in [0.5, 0.6) is 0 Å². The highest BCUT2D eigenvalue weighted by Gasteiger charge is 2.28. The van der Waals surface area contributed by atoms with E-state index < -0.39 is 0 Å². The number of anilines is 1. The molecule has 7 heteroatoms. The van der Waals surface area contributed by atoms with Gasteiger partial charge in [-0.05, 0) is 55.4 Å². The van der Waals surface area contributed by atoms with Crippen LogP contribution in [0.15, 0.2) is 42.5 Å². The van der Waals surface area contributed by atoms with Crippen LogP contribution in [0, 0.1) is 11.8 Å². The second-order valence-corrected chi connectivity index (χ2v) is 6.90. The number of aromatic amines is 1. The monoisotopic (exact) mass is 390 g/mol. The number of rotatable bonds is 4. The summed E-state index contributed by atoms with van der Waals surface area (Å²) in [5.74, 6) is 1.27. The van der Waals surface area contributed by atoms with Crippen LogP contribution in [0.2, 0.25) is 5.02 Å². The number of hydrogen-bond acceptors (Lipinski definition) is 3. The third kappa shape index (κ3) is 3.56. The maximum atomic E-state index is 12.3. The number of carbonyl (C=O) groups is 1. The standard InChI is InChI=1S/C19H19ClN4O.ClH/c1-11(13-9-21-10-13)19(25)22-14-7-5-12(6-8-14)18-23-16-4-2-3-15(20)17(16)24-18;/h2-8,11,13,21H,9-10H2,1H3,(H,22,25)(H,23,24);1H. The zero-order valence-corrected chi connectivity index (χ0v) is 15.8. The Labute approximate surface area is 163 Å². The Kier molecular flexibility index (Phi) is 5.51. The third-order valence-electron chi connectivity index (χ3n) is 4.82. The van der Waals surface area contributed by atoms with E-state index in [0.717, 1.165) is 41.2 Å². The van der Waals surface area contributed by atoms with E-state index in [9.17, 15) is 4.79 Å². The first-order valence-electron chi connectivity index (χ1n) is 8.38. The molecule has 3 N–H and O–H groups in total. The summed E-state index contributed by atoms with van der Waals surface area (Å²) in [7, 11) is 0. The van der Waals surface area contributed by atoms with E-state index in [1.54, 1.807) is 0 Å². The lowest BCUT2D eigenvalue weighted by atomic mass is 9.88. The van der Waals surface area contributed by atoms with Crippen LogP contribution >= 0.6 is 24.0 Å². The molecule has 1 aromatic heterocycles. The molecule has 5 nitrogen and oxygen atoms in total. The molecule has 1 fully saturated rings. The van der Waals surface area contributed by atoms with Crippen molar-refractivity contribution in [3.8, 4) is 11.4 Å². The molecule has 1 amide bonds. The van der Waals surface area contributed by atoms with Gasteiger partial charge in [0.15, 0.2) is 0 Å². The molecule has 0 bridgehead atoms. The number of H-pyrrole nitrogens is 1. The van der Waals surface area contributed by atoms with Crippen molar-refractivity contribution in [3.63, 3.8) is 0 Å². The Hall–Kier alpha value is -2.08. The van der Waals surface area contributed by atoms with Gasteiger partial charge in [0.05, 0.1) is 10.5 Å². The Morgan fingerprint density at radius 3 is 2.58 bits per heavy atom. The summed E-state index contributed by atoms with van der Waals surface area (Å²) in [5, 5.41) is 6.82. The molecule has 0 saturated carbocycles. The average molecular weight is 391 g/mol. The van der Waals surface area contributed by atoms with Gasteiger partial charge in [0, 0.05) is 17.2 Å². The Balaban J connectivity index is 0.00000196. The molecule has 136 valence electrons. The van der Waals surface area contributed by atoms with Crippen molar-refractivity contribution < 1.29 is 4.79 Å². The zero-order chi connectivity index (χ0) is 17.4. The SMILES string of the molecule is CC(C(=O)Nc1ccc(-c2nc3c(Cl)cccc3[nH]2)cc1)C1CNC1.Cl. The van der Waals surface area contributed by atoms with Crippen LogP contribution < -0.4 is 10.6 Å². The lowest BCUT2D eigenvalue weighted by Gasteiger charge is -2.31. The van der Waals surface area contributed by atoms with Crippen molar-refractivity contribution in [1.29, 1.82) is 0 Å². The van der Waals surface area contributed by atoms with Gasteiger partial charge in [0.1, 0.15) is 11.3 Å².